The topological polar surface area (TPSA) is 56.7 Å². The van der Waals surface area contributed by atoms with Crippen LogP contribution in [0.2, 0.25) is 0 Å². The van der Waals surface area contributed by atoms with Crippen LogP contribution in [0.1, 0.15) is 39.2 Å². The first-order chi connectivity index (χ1) is 9.65. The minimum absolute atomic E-state index is 0.519. The van der Waals surface area contributed by atoms with E-state index in [9.17, 15) is 0 Å². The Hall–Kier alpha value is -1.84. The molecule has 2 atom stereocenters. The molecular formula is C16H22N4. The number of rotatable bonds is 2. The van der Waals surface area contributed by atoms with E-state index in [0.29, 0.717) is 6.04 Å². The second kappa shape index (κ2) is 5.27. The second-order valence-corrected chi connectivity index (χ2v) is 6.22. The third kappa shape index (κ3) is 2.42. The summed E-state index contributed by atoms with van der Waals surface area (Å²) in [6.07, 6.45) is 11.2. The van der Waals surface area contributed by atoms with Crippen molar-refractivity contribution in [3.8, 4) is 11.3 Å². The Morgan fingerprint density at radius 1 is 1.10 bits per heavy atom. The van der Waals surface area contributed by atoms with Crippen molar-refractivity contribution in [2.75, 3.05) is 5.73 Å². The van der Waals surface area contributed by atoms with Gasteiger partial charge < -0.3 is 10.3 Å². The van der Waals surface area contributed by atoms with E-state index in [1.54, 1.807) is 6.20 Å². The van der Waals surface area contributed by atoms with Crippen LogP contribution in [0.15, 0.2) is 31.0 Å². The molecule has 4 nitrogen and oxygen atoms in total. The van der Waals surface area contributed by atoms with Gasteiger partial charge in [0.2, 0.25) is 0 Å². The van der Waals surface area contributed by atoms with Crippen molar-refractivity contribution in [2.24, 2.45) is 11.8 Å². The summed E-state index contributed by atoms with van der Waals surface area (Å²) < 4.78 is 2.29. The summed E-state index contributed by atoms with van der Waals surface area (Å²) >= 11 is 0. The van der Waals surface area contributed by atoms with Crippen LogP contribution in [0.4, 0.5) is 5.69 Å². The molecule has 4 heteroatoms. The first kappa shape index (κ1) is 13.2. The molecule has 2 N–H and O–H groups in total. The maximum absolute atomic E-state index is 6.08. The lowest BCUT2D eigenvalue weighted by molar-refractivity contribution is 0.222. The minimum Gasteiger partial charge on any atom is -0.398 e. The molecule has 0 aromatic carbocycles. The molecule has 0 bridgehead atoms. The summed E-state index contributed by atoms with van der Waals surface area (Å²) in [7, 11) is 0. The van der Waals surface area contributed by atoms with E-state index in [4.69, 9.17) is 5.73 Å². The number of nitrogens with two attached hydrogens (primary N) is 1. The molecule has 0 amide bonds. The molecule has 0 radical (unpaired) electrons. The van der Waals surface area contributed by atoms with E-state index in [0.717, 1.165) is 28.8 Å². The van der Waals surface area contributed by atoms with Gasteiger partial charge in [-0.05, 0) is 37.2 Å². The first-order valence-electron chi connectivity index (χ1n) is 7.37. The van der Waals surface area contributed by atoms with Crippen LogP contribution in [-0.4, -0.2) is 14.5 Å². The van der Waals surface area contributed by atoms with Crippen molar-refractivity contribution in [3.05, 3.63) is 31.0 Å². The van der Waals surface area contributed by atoms with Gasteiger partial charge in [-0.3, -0.25) is 4.98 Å². The molecular weight excluding hydrogens is 248 g/mol. The van der Waals surface area contributed by atoms with E-state index < -0.39 is 0 Å². The smallest absolute Gasteiger partial charge is 0.0953 e. The van der Waals surface area contributed by atoms with Crippen molar-refractivity contribution in [2.45, 2.75) is 39.2 Å². The Labute approximate surface area is 120 Å². The number of nitrogens with zero attached hydrogens (tertiary/aromatic N) is 3. The number of aromatic nitrogens is 3. The van der Waals surface area contributed by atoms with Gasteiger partial charge in [0.25, 0.3) is 0 Å². The average molecular weight is 270 g/mol. The highest BCUT2D eigenvalue weighted by atomic mass is 15.1. The molecule has 0 aliphatic heterocycles. The lowest BCUT2D eigenvalue weighted by Gasteiger charge is -2.33. The molecule has 1 aliphatic carbocycles. The van der Waals surface area contributed by atoms with Crippen LogP contribution in [0.3, 0.4) is 0 Å². The molecule has 0 spiro atoms. The largest absolute Gasteiger partial charge is 0.398 e. The van der Waals surface area contributed by atoms with Gasteiger partial charge in [0.1, 0.15) is 0 Å². The molecule has 1 aliphatic rings. The maximum atomic E-state index is 6.08. The zero-order chi connectivity index (χ0) is 14.1. The van der Waals surface area contributed by atoms with Gasteiger partial charge in [-0.1, -0.05) is 13.8 Å². The van der Waals surface area contributed by atoms with Crippen molar-refractivity contribution >= 4 is 5.69 Å². The summed E-state index contributed by atoms with van der Waals surface area (Å²) in [4.78, 5) is 8.54. The van der Waals surface area contributed by atoms with Crippen molar-refractivity contribution < 1.29 is 0 Å². The van der Waals surface area contributed by atoms with Crippen LogP contribution >= 0.6 is 0 Å². The molecule has 2 aromatic heterocycles. The second-order valence-electron chi connectivity index (χ2n) is 6.22. The number of nitrogen functional groups attached to an aromatic ring is 1. The quantitative estimate of drug-likeness (QED) is 0.908. The predicted molar refractivity (Wildman–Crippen MR) is 81.1 cm³/mol. The zero-order valence-electron chi connectivity index (χ0n) is 12.2. The lowest BCUT2D eigenvalue weighted by atomic mass is 9.80. The molecule has 20 heavy (non-hydrogen) atoms. The number of pyridine rings is 1. The Morgan fingerprint density at radius 3 is 2.55 bits per heavy atom. The molecule has 2 unspecified atom stereocenters. The Kier molecular flexibility index (Phi) is 3.47. The maximum Gasteiger partial charge on any atom is 0.0953 e. The van der Waals surface area contributed by atoms with Crippen molar-refractivity contribution in [1.82, 2.24) is 14.5 Å². The zero-order valence-corrected chi connectivity index (χ0v) is 12.2. The van der Waals surface area contributed by atoms with Gasteiger partial charge in [0.05, 0.1) is 18.2 Å². The van der Waals surface area contributed by atoms with Crippen molar-refractivity contribution in [1.29, 1.82) is 0 Å². The number of hydrogen-bond donors (Lipinski definition) is 1. The summed E-state index contributed by atoms with van der Waals surface area (Å²) in [6.45, 7) is 4.69. The normalized spacial score (nSPS) is 26.6. The van der Waals surface area contributed by atoms with E-state index >= 15 is 0 Å². The molecule has 2 aromatic rings. The summed E-state index contributed by atoms with van der Waals surface area (Å²) in [5, 5.41) is 0. The molecule has 2 heterocycles. The third-order valence-corrected chi connectivity index (χ3v) is 4.34. The fourth-order valence-corrected chi connectivity index (χ4v) is 3.56. The monoisotopic (exact) mass is 270 g/mol. The summed E-state index contributed by atoms with van der Waals surface area (Å²) in [6, 6.07) is 2.37. The molecule has 1 saturated carbocycles. The van der Waals surface area contributed by atoms with Crippen molar-refractivity contribution in [3.63, 3.8) is 0 Å². The molecule has 1 fully saturated rings. The molecule has 0 saturated heterocycles. The highest BCUT2D eigenvalue weighted by Gasteiger charge is 2.26. The van der Waals surface area contributed by atoms with Crippen LogP contribution < -0.4 is 5.73 Å². The van der Waals surface area contributed by atoms with Gasteiger partial charge in [-0.2, -0.15) is 0 Å². The van der Waals surface area contributed by atoms with E-state index in [2.05, 4.69) is 28.4 Å². The number of anilines is 1. The van der Waals surface area contributed by atoms with Crippen LogP contribution in [0, 0.1) is 11.8 Å². The third-order valence-electron chi connectivity index (χ3n) is 4.34. The number of imidazole rings is 1. The summed E-state index contributed by atoms with van der Waals surface area (Å²) in [5.41, 5.74) is 8.91. The average Bonchev–Trinajstić information content (AvgIpc) is 2.87. The fourth-order valence-electron chi connectivity index (χ4n) is 3.56. The highest BCUT2D eigenvalue weighted by Crippen LogP contribution is 2.38. The Balaban J connectivity index is 1.96. The van der Waals surface area contributed by atoms with Gasteiger partial charge in [-0.15, -0.1) is 0 Å². The Morgan fingerprint density at radius 2 is 1.85 bits per heavy atom. The lowest BCUT2D eigenvalue weighted by Crippen LogP contribution is -2.22. The van der Waals surface area contributed by atoms with E-state index in [1.807, 2.05) is 24.8 Å². The van der Waals surface area contributed by atoms with Crippen LogP contribution in [0.5, 0.6) is 0 Å². The first-order valence-corrected chi connectivity index (χ1v) is 7.37. The van der Waals surface area contributed by atoms with E-state index in [1.165, 1.54) is 19.3 Å². The standard InChI is InChI=1S/C16H22N4/c1-11-5-12(2)7-13(6-11)20-10-19-9-16(20)14-8-18-4-3-15(14)17/h3-4,8-13H,5-7H2,1-2H3,(H2,17,18). The predicted octanol–water partition coefficient (Wildman–Crippen LogP) is 3.52. The SMILES string of the molecule is CC1CC(C)CC(n2cncc2-c2cnccc2N)C1. The van der Waals surface area contributed by atoms with Gasteiger partial charge in [0.15, 0.2) is 0 Å². The van der Waals surface area contributed by atoms with Gasteiger partial charge >= 0.3 is 0 Å². The molecule has 3 rings (SSSR count). The van der Waals surface area contributed by atoms with Gasteiger partial charge in [-0.25, -0.2) is 4.98 Å². The molecule has 106 valence electrons. The van der Waals surface area contributed by atoms with Gasteiger partial charge in [0, 0.05) is 29.7 Å². The highest BCUT2D eigenvalue weighted by molar-refractivity contribution is 5.72. The van der Waals surface area contributed by atoms with Crippen LogP contribution in [-0.2, 0) is 0 Å². The van der Waals surface area contributed by atoms with E-state index in [-0.39, 0.29) is 0 Å². The Bertz CT molecular complexity index is 580. The fraction of sp³-hybridized carbons (Fsp3) is 0.500. The van der Waals surface area contributed by atoms with Crippen LogP contribution in [0.25, 0.3) is 11.3 Å². The summed E-state index contributed by atoms with van der Waals surface area (Å²) in [5.74, 6) is 1.54. The minimum atomic E-state index is 0.519. The number of hydrogen-bond acceptors (Lipinski definition) is 3.